The van der Waals surface area contributed by atoms with Crippen LogP contribution >= 0.6 is 15.6 Å². The standard InChI is InChI=1S/C85H150O16P2/c1-4-7-10-13-16-19-22-25-28-30-32-33-34-35-36-37-38-39-40-41-42-43-44-45-47-49-51-53-56-59-62-65-68-71-83(88)95-74-80(86)75-97-102(91,92)98-76-81(87)77-99-103(93,94)100-79-82(101-85(90)73-70-67-64-61-58-55-50-27-24-21-18-15-12-9-6-3)78-96-84(89)72-69-66-63-60-57-54-52-48-46-31-29-26-23-20-17-14-11-8-5-2/h16-21,25-29,32-33,35-36,46,48,50,80-82,86-87H,4-15,22-24,30-31,34,37-45,47,49,51-79H2,1-3H3,(H,91,92)(H,93,94)/b19-16-,20-17-,21-18-,28-25-,29-26-,33-32-,36-35-,48-46-,50-27-. The van der Waals surface area contributed by atoms with Crippen LogP contribution in [0.25, 0.3) is 0 Å². The lowest BCUT2D eigenvalue weighted by atomic mass is 10.0. The van der Waals surface area contributed by atoms with E-state index in [1.54, 1.807) is 0 Å². The summed E-state index contributed by atoms with van der Waals surface area (Å²) in [5.74, 6) is -1.60. The first-order valence-corrected chi connectivity index (χ1v) is 44.2. The van der Waals surface area contributed by atoms with E-state index in [2.05, 4.69) is 130 Å². The summed E-state index contributed by atoms with van der Waals surface area (Å²) in [6.45, 7) is 2.60. The molecule has 4 N–H and O–H groups in total. The van der Waals surface area contributed by atoms with E-state index in [0.29, 0.717) is 19.3 Å². The zero-order chi connectivity index (χ0) is 75.2. The number of hydrogen-bond acceptors (Lipinski definition) is 14. The van der Waals surface area contributed by atoms with E-state index < -0.39 is 91.5 Å². The minimum atomic E-state index is -4.94. The fourth-order valence-electron chi connectivity index (χ4n) is 11.1. The monoisotopic (exact) mass is 1490 g/mol. The van der Waals surface area contributed by atoms with Gasteiger partial charge < -0.3 is 34.2 Å². The van der Waals surface area contributed by atoms with Crippen LogP contribution in [-0.4, -0.2) is 95.9 Å². The van der Waals surface area contributed by atoms with Crippen molar-refractivity contribution in [3.63, 3.8) is 0 Å². The third-order valence-electron chi connectivity index (χ3n) is 17.4. The van der Waals surface area contributed by atoms with E-state index in [1.165, 1.54) is 154 Å². The van der Waals surface area contributed by atoms with E-state index in [0.717, 1.165) is 141 Å². The zero-order valence-corrected chi connectivity index (χ0v) is 67.0. The van der Waals surface area contributed by atoms with Crippen molar-refractivity contribution >= 4 is 33.6 Å². The van der Waals surface area contributed by atoms with E-state index >= 15 is 0 Å². The van der Waals surface area contributed by atoms with Gasteiger partial charge in [0.05, 0.1) is 26.4 Å². The van der Waals surface area contributed by atoms with Crippen molar-refractivity contribution in [2.45, 2.75) is 373 Å². The first-order valence-electron chi connectivity index (χ1n) is 41.2. The molecule has 0 fully saturated rings. The Labute approximate surface area is 628 Å². The number of phosphoric ester groups is 2. The number of hydrogen-bond donors (Lipinski definition) is 4. The number of carbonyl (C=O) groups is 3. The normalized spacial score (nSPS) is 14.5. The lowest BCUT2D eigenvalue weighted by molar-refractivity contribution is -0.161. The van der Waals surface area contributed by atoms with E-state index in [9.17, 15) is 43.5 Å². The first-order chi connectivity index (χ1) is 50.2. The van der Waals surface area contributed by atoms with Crippen LogP contribution in [0, 0.1) is 0 Å². The molecule has 18 heteroatoms. The number of rotatable bonds is 78. The molecule has 16 nitrogen and oxygen atoms in total. The fraction of sp³-hybridized carbons (Fsp3) is 0.753. The summed E-state index contributed by atoms with van der Waals surface area (Å²) >= 11 is 0. The van der Waals surface area contributed by atoms with E-state index in [1.807, 2.05) is 0 Å². The second-order valence-electron chi connectivity index (χ2n) is 27.6. The molecule has 0 spiro atoms. The second kappa shape index (κ2) is 77.8. The Bertz CT molecular complexity index is 2310. The van der Waals surface area contributed by atoms with Crippen molar-refractivity contribution in [2.24, 2.45) is 0 Å². The predicted molar refractivity (Wildman–Crippen MR) is 427 cm³/mol. The minimum absolute atomic E-state index is 0.0853. The van der Waals surface area contributed by atoms with Crippen LogP contribution < -0.4 is 0 Å². The summed E-state index contributed by atoms with van der Waals surface area (Å²) in [6.07, 6.45) is 91.5. The number of carbonyl (C=O) groups excluding carboxylic acids is 3. The number of ether oxygens (including phenoxy) is 3. The van der Waals surface area contributed by atoms with Gasteiger partial charge in [0.15, 0.2) is 6.10 Å². The van der Waals surface area contributed by atoms with Gasteiger partial charge in [0.1, 0.15) is 25.4 Å². The Kier molecular flexibility index (Phi) is 74.9. The molecule has 0 aliphatic carbocycles. The van der Waals surface area contributed by atoms with Crippen LogP contribution in [0.1, 0.15) is 355 Å². The summed E-state index contributed by atoms with van der Waals surface area (Å²) in [5, 5.41) is 20.6. The van der Waals surface area contributed by atoms with Gasteiger partial charge in [0.2, 0.25) is 0 Å². The molecule has 5 unspecified atom stereocenters. The van der Waals surface area contributed by atoms with Crippen molar-refractivity contribution < 1.29 is 75.8 Å². The van der Waals surface area contributed by atoms with E-state index in [4.69, 9.17) is 32.3 Å². The average molecular weight is 1490 g/mol. The fourth-order valence-corrected chi connectivity index (χ4v) is 12.7. The van der Waals surface area contributed by atoms with Crippen LogP contribution in [0.5, 0.6) is 0 Å². The number of phosphoric acid groups is 2. The Morgan fingerprint density at radius 2 is 0.485 bits per heavy atom. The van der Waals surface area contributed by atoms with Crippen molar-refractivity contribution in [3.8, 4) is 0 Å². The maximum Gasteiger partial charge on any atom is 0.472 e. The Morgan fingerprint density at radius 1 is 0.272 bits per heavy atom. The highest BCUT2D eigenvalue weighted by Gasteiger charge is 2.29. The van der Waals surface area contributed by atoms with Crippen LogP contribution in [0.15, 0.2) is 109 Å². The third-order valence-corrected chi connectivity index (χ3v) is 19.3. The average Bonchev–Trinajstić information content (AvgIpc) is 0.916. The molecule has 0 heterocycles. The van der Waals surface area contributed by atoms with Gasteiger partial charge in [-0.15, -0.1) is 0 Å². The SMILES string of the molecule is CCCCC/C=C\C/C=C\C/C=C\C/C=C\CCCCCCCCCCCCCCCCCCCC(=O)OCC(O)COP(=O)(O)OCC(O)COP(=O)(O)OCC(COC(=O)CCCCCCCC/C=C\C/C=C\C/C=C\CCCCC)OC(=O)CCCCCCC/C=C\C/C=C\CCCCC. The van der Waals surface area contributed by atoms with Crippen LogP contribution in [0.2, 0.25) is 0 Å². The summed E-state index contributed by atoms with van der Waals surface area (Å²) in [7, 11) is -9.79. The van der Waals surface area contributed by atoms with Gasteiger partial charge >= 0.3 is 33.6 Å². The molecule has 0 aliphatic heterocycles. The molecule has 0 aromatic heterocycles. The maximum atomic E-state index is 13.0. The van der Waals surface area contributed by atoms with Crippen LogP contribution in [0.3, 0.4) is 0 Å². The topological polar surface area (TPSA) is 231 Å². The number of allylic oxidation sites excluding steroid dienone is 18. The molecular weight excluding hydrogens is 1340 g/mol. The third kappa shape index (κ3) is 79.1. The first kappa shape index (κ1) is 99.2. The van der Waals surface area contributed by atoms with Gasteiger partial charge in [-0.1, -0.05) is 310 Å². The smallest absolute Gasteiger partial charge is 0.463 e. The maximum absolute atomic E-state index is 13.0. The molecule has 5 atom stereocenters. The van der Waals surface area contributed by atoms with Gasteiger partial charge in [-0.25, -0.2) is 9.13 Å². The number of aliphatic hydroxyl groups excluding tert-OH is 2. The number of aliphatic hydroxyl groups is 2. The molecule has 0 saturated carbocycles. The van der Waals surface area contributed by atoms with Gasteiger partial charge in [0, 0.05) is 19.3 Å². The summed E-state index contributed by atoms with van der Waals surface area (Å²) in [5.41, 5.74) is 0. The highest BCUT2D eigenvalue weighted by atomic mass is 31.2. The largest absolute Gasteiger partial charge is 0.472 e. The second-order valence-corrected chi connectivity index (χ2v) is 30.5. The van der Waals surface area contributed by atoms with Crippen LogP contribution in [-0.2, 0) is 55.8 Å². The summed E-state index contributed by atoms with van der Waals surface area (Å²) in [6, 6.07) is 0. The van der Waals surface area contributed by atoms with Gasteiger partial charge in [-0.2, -0.15) is 0 Å². The van der Waals surface area contributed by atoms with Crippen molar-refractivity contribution in [1.82, 2.24) is 0 Å². The Hall–Kier alpha value is -3.79. The van der Waals surface area contributed by atoms with Gasteiger partial charge in [-0.3, -0.25) is 32.5 Å². The number of esters is 3. The molecule has 103 heavy (non-hydrogen) atoms. The molecule has 0 bridgehead atoms. The van der Waals surface area contributed by atoms with Crippen molar-refractivity contribution in [2.75, 3.05) is 39.6 Å². The van der Waals surface area contributed by atoms with Gasteiger partial charge in [0.25, 0.3) is 0 Å². The molecule has 0 aromatic rings. The molecule has 0 rings (SSSR count). The molecule has 0 aromatic carbocycles. The Balaban J connectivity index is 4.44. The molecular formula is C85H150O16P2. The van der Waals surface area contributed by atoms with Crippen LogP contribution in [0.4, 0.5) is 0 Å². The molecule has 0 amide bonds. The highest BCUT2D eigenvalue weighted by Crippen LogP contribution is 2.45. The minimum Gasteiger partial charge on any atom is -0.463 e. The summed E-state index contributed by atoms with van der Waals surface area (Å²) < 4.78 is 61.1. The molecule has 0 aliphatic rings. The van der Waals surface area contributed by atoms with Gasteiger partial charge in [-0.05, 0) is 135 Å². The summed E-state index contributed by atoms with van der Waals surface area (Å²) in [4.78, 5) is 58.6. The molecule has 596 valence electrons. The predicted octanol–water partition coefficient (Wildman–Crippen LogP) is 24.3. The highest BCUT2D eigenvalue weighted by molar-refractivity contribution is 7.47. The van der Waals surface area contributed by atoms with Crippen molar-refractivity contribution in [3.05, 3.63) is 109 Å². The lowest BCUT2D eigenvalue weighted by Gasteiger charge is -2.21. The molecule has 0 radical (unpaired) electrons. The number of unbranched alkanes of at least 4 members (excludes halogenated alkanes) is 37. The Morgan fingerprint density at radius 3 is 0.767 bits per heavy atom. The molecule has 0 saturated heterocycles. The lowest BCUT2D eigenvalue weighted by Crippen LogP contribution is -2.30. The zero-order valence-electron chi connectivity index (χ0n) is 65.2. The van der Waals surface area contributed by atoms with Crippen molar-refractivity contribution in [1.29, 1.82) is 0 Å². The quantitative estimate of drug-likeness (QED) is 0.0146. The van der Waals surface area contributed by atoms with E-state index in [-0.39, 0.29) is 19.3 Å².